The largest absolute Gasteiger partial charge is 0.493 e. The van der Waals surface area contributed by atoms with Crippen molar-refractivity contribution in [2.75, 3.05) is 14.2 Å². The Morgan fingerprint density at radius 2 is 1.85 bits per heavy atom. The molecule has 0 aliphatic carbocycles. The van der Waals surface area contributed by atoms with Crippen molar-refractivity contribution < 1.29 is 27.4 Å². The van der Waals surface area contributed by atoms with Crippen molar-refractivity contribution in [2.45, 2.75) is 19.3 Å². The molecule has 27 heavy (non-hydrogen) atoms. The number of benzene rings is 1. The summed E-state index contributed by atoms with van der Waals surface area (Å²) in [6.07, 6.45) is -4.13. The van der Waals surface area contributed by atoms with Gasteiger partial charge in [-0.1, -0.05) is 17.7 Å². The Balaban J connectivity index is 2.10. The molecule has 1 heterocycles. The molecule has 2 aromatic rings. The van der Waals surface area contributed by atoms with E-state index in [1.54, 1.807) is 18.2 Å². The van der Waals surface area contributed by atoms with Crippen molar-refractivity contribution in [3.05, 3.63) is 57.0 Å². The molecule has 0 aliphatic rings. The summed E-state index contributed by atoms with van der Waals surface area (Å²) in [6.45, 7) is -0.517. The van der Waals surface area contributed by atoms with Crippen LogP contribution in [-0.4, -0.2) is 24.7 Å². The number of aromatic nitrogens is 1. The van der Waals surface area contributed by atoms with Crippen LogP contribution in [0.5, 0.6) is 11.5 Å². The number of ether oxygens (including phenoxy) is 2. The molecular weight excluding hydrogens is 389 g/mol. The maximum Gasteiger partial charge on any atom is 0.417 e. The number of hydrogen-bond acceptors (Lipinski definition) is 4. The quantitative estimate of drug-likeness (QED) is 0.803. The Morgan fingerprint density at radius 3 is 2.44 bits per heavy atom. The van der Waals surface area contributed by atoms with Gasteiger partial charge in [0.1, 0.15) is 11.6 Å². The maximum absolute atomic E-state index is 12.8. The highest BCUT2D eigenvalue weighted by Gasteiger charge is 2.32. The van der Waals surface area contributed by atoms with Gasteiger partial charge in [-0.25, -0.2) is 0 Å². The average molecular weight is 405 g/mol. The average Bonchev–Trinajstić information content (AvgIpc) is 2.62. The zero-order valence-electron chi connectivity index (χ0n) is 14.4. The summed E-state index contributed by atoms with van der Waals surface area (Å²) in [7, 11) is 2.95. The van der Waals surface area contributed by atoms with Crippen LogP contribution in [0, 0.1) is 0 Å². The highest BCUT2D eigenvalue weighted by Crippen LogP contribution is 2.29. The van der Waals surface area contributed by atoms with Gasteiger partial charge in [0.2, 0.25) is 5.91 Å². The standard InChI is InChI=1S/C17H16ClF3N2O4/c1-26-13-4-3-10(5-14(13)27-2)7-22-15(24)9-23-8-11(17(19,20)21)6-12(18)16(23)25/h3-6,8H,7,9H2,1-2H3,(H,22,24). The minimum Gasteiger partial charge on any atom is -0.493 e. The number of methoxy groups -OCH3 is 2. The third-order valence-corrected chi connectivity index (χ3v) is 3.89. The van der Waals surface area contributed by atoms with Crippen LogP contribution in [-0.2, 0) is 24.1 Å². The maximum atomic E-state index is 12.8. The first kappa shape index (κ1) is 20.6. The van der Waals surface area contributed by atoms with Crippen molar-refractivity contribution in [1.29, 1.82) is 0 Å². The van der Waals surface area contributed by atoms with Gasteiger partial charge in [0.25, 0.3) is 5.56 Å². The Bertz CT molecular complexity index is 897. The third kappa shape index (κ3) is 5.16. The normalized spacial score (nSPS) is 11.2. The topological polar surface area (TPSA) is 69.6 Å². The summed E-state index contributed by atoms with van der Waals surface area (Å²) in [5.74, 6) is 0.324. The first-order chi connectivity index (χ1) is 12.7. The van der Waals surface area contributed by atoms with E-state index in [1.807, 2.05) is 0 Å². The number of nitrogens with zero attached hydrogens (tertiary/aromatic N) is 1. The molecule has 0 atom stereocenters. The molecule has 1 aromatic heterocycles. The summed E-state index contributed by atoms with van der Waals surface area (Å²) in [5, 5.41) is 1.91. The number of alkyl halides is 3. The van der Waals surface area contributed by atoms with Gasteiger partial charge in [-0.2, -0.15) is 13.2 Å². The number of amides is 1. The van der Waals surface area contributed by atoms with Gasteiger partial charge in [-0.15, -0.1) is 0 Å². The zero-order chi connectivity index (χ0) is 20.2. The van der Waals surface area contributed by atoms with E-state index in [4.69, 9.17) is 21.1 Å². The van der Waals surface area contributed by atoms with Gasteiger partial charge in [-0.3, -0.25) is 9.59 Å². The first-order valence-electron chi connectivity index (χ1n) is 7.60. The van der Waals surface area contributed by atoms with Crippen LogP contribution in [0.1, 0.15) is 11.1 Å². The number of halogens is 4. The molecule has 2 rings (SSSR count). The molecule has 10 heteroatoms. The molecule has 1 N–H and O–H groups in total. The van der Waals surface area contributed by atoms with Crippen LogP contribution < -0.4 is 20.3 Å². The Hall–Kier alpha value is -2.68. The molecule has 0 unspecified atom stereocenters. The van der Waals surface area contributed by atoms with E-state index in [1.165, 1.54) is 14.2 Å². The molecule has 1 aromatic carbocycles. The van der Waals surface area contributed by atoms with Gasteiger partial charge >= 0.3 is 6.18 Å². The monoisotopic (exact) mass is 404 g/mol. The van der Waals surface area contributed by atoms with Crippen molar-refractivity contribution >= 4 is 17.5 Å². The summed E-state index contributed by atoms with van der Waals surface area (Å²) in [4.78, 5) is 23.9. The van der Waals surface area contributed by atoms with Crippen LogP contribution in [0.3, 0.4) is 0 Å². The van der Waals surface area contributed by atoms with Crippen molar-refractivity contribution in [3.63, 3.8) is 0 Å². The fourth-order valence-electron chi connectivity index (χ4n) is 2.27. The molecule has 6 nitrogen and oxygen atoms in total. The summed E-state index contributed by atoms with van der Waals surface area (Å²) in [6, 6.07) is 5.51. The van der Waals surface area contributed by atoms with Crippen LogP contribution in [0.15, 0.2) is 35.3 Å². The lowest BCUT2D eigenvalue weighted by Gasteiger charge is -2.13. The predicted molar refractivity (Wildman–Crippen MR) is 92.1 cm³/mol. The smallest absolute Gasteiger partial charge is 0.417 e. The van der Waals surface area contributed by atoms with E-state index in [-0.39, 0.29) is 6.54 Å². The van der Waals surface area contributed by atoms with E-state index < -0.39 is 34.8 Å². The minimum atomic E-state index is -4.69. The first-order valence-corrected chi connectivity index (χ1v) is 7.98. The van der Waals surface area contributed by atoms with E-state index in [0.29, 0.717) is 33.9 Å². The van der Waals surface area contributed by atoms with Crippen molar-refractivity contribution in [2.24, 2.45) is 0 Å². The Morgan fingerprint density at radius 1 is 1.19 bits per heavy atom. The van der Waals surface area contributed by atoms with Crippen LogP contribution in [0.4, 0.5) is 13.2 Å². The number of pyridine rings is 1. The lowest BCUT2D eigenvalue weighted by molar-refractivity contribution is -0.138. The fourth-order valence-corrected chi connectivity index (χ4v) is 2.50. The molecule has 0 bridgehead atoms. The number of nitrogens with one attached hydrogen (secondary N) is 1. The zero-order valence-corrected chi connectivity index (χ0v) is 15.1. The Kier molecular flexibility index (Phi) is 6.37. The number of carbonyl (C=O) groups is 1. The minimum absolute atomic E-state index is 0.0840. The van der Waals surface area contributed by atoms with Gasteiger partial charge in [0.15, 0.2) is 11.5 Å². The fraction of sp³-hybridized carbons (Fsp3) is 0.294. The highest BCUT2D eigenvalue weighted by molar-refractivity contribution is 6.30. The van der Waals surface area contributed by atoms with Crippen molar-refractivity contribution in [3.8, 4) is 11.5 Å². The second kappa shape index (κ2) is 8.34. The molecule has 1 amide bonds. The molecular formula is C17H16ClF3N2O4. The van der Waals surface area contributed by atoms with Crippen LogP contribution >= 0.6 is 11.6 Å². The van der Waals surface area contributed by atoms with Crippen LogP contribution in [0.25, 0.3) is 0 Å². The van der Waals surface area contributed by atoms with Crippen LogP contribution in [0.2, 0.25) is 5.02 Å². The third-order valence-electron chi connectivity index (χ3n) is 3.62. The molecule has 0 saturated carbocycles. The molecule has 0 fully saturated rings. The van der Waals surface area contributed by atoms with Gasteiger partial charge < -0.3 is 19.4 Å². The predicted octanol–water partition coefficient (Wildman–Crippen LogP) is 2.85. The second-order valence-corrected chi connectivity index (χ2v) is 5.88. The summed E-state index contributed by atoms with van der Waals surface area (Å²) >= 11 is 5.55. The van der Waals surface area contributed by atoms with E-state index in [2.05, 4.69) is 5.32 Å². The van der Waals surface area contributed by atoms with E-state index >= 15 is 0 Å². The molecule has 0 spiro atoms. The summed E-state index contributed by atoms with van der Waals surface area (Å²) in [5.41, 5.74) is -1.32. The van der Waals surface area contributed by atoms with Gasteiger partial charge in [0.05, 0.1) is 19.8 Å². The van der Waals surface area contributed by atoms with Gasteiger partial charge in [0, 0.05) is 12.7 Å². The number of hydrogen-bond donors (Lipinski definition) is 1. The number of rotatable bonds is 6. The van der Waals surface area contributed by atoms with Crippen molar-refractivity contribution in [1.82, 2.24) is 9.88 Å². The lowest BCUT2D eigenvalue weighted by Crippen LogP contribution is -2.32. The van der Waals surface area contributed by atoms with E-state index in [0.717, 1.165) is 0 Å². The molecule has 146 valence electrons. The number of carbonyl (C=O) groups excluding carboxylic acids is 1. The van der Waals surface area contributed by atoms with E-state index in [9.17, 15) is 22.8 Å². The Labute approximate surface area is 157 Å². The second-order valence-electron chi connectivity index (χ2n) is 5.47. The summed E-state index contributed by atoms with van der Waals surface area (Å²) < 4.78 is 49.3. The molecule has 0 radical (unpaired) electrons. The molecule has 0 aliphatic heterocycles. The lowest BCUT2D eigenvalue weighted by atomic mass is 10.2. The highest BCUT2D eigenvalue weighted by atomic mass is 35.5. The molecule has 0 saturated heterocycles. The van der Waals surface area contributed by atoms with Gasteiger partial charge in [-0.05, 0) is 23.8 Å². The SMILES string of the molecule is COc1ccc(CNC(=O)Cn2cc(C(F)(F)F)cc(Cl)c2=O)cc1OC.